The molecule has 1 atom stereocenters. The van der Waals surface area contributed by atoms with Crippen LogP contribution >= 0.6 is 11.6 Å². The first-order valence-corrected chi connectivity index (χ1v) is 10.9. The van der Waals surface area contributed by atoms with Gasteiger partial charge in [-0.3, -0.25) is 9.69 Å². The fourth-order valence-electron chi connectivity index (χ4n) is 4.33. The lowest BCUT2D eigenvalue weighted by Crippen LogP contribution is -2.36. The Morgan fingerprint density at radius 1 is 1.17 bits per heavy atom. The number of carbonyl (C=O) groups excluding carboxylic acids is 1. The Bertz CT molecular complexity index is 896. The maximum absolute atomic E-state index is 12.7. The van der Waals surface area contributed by atoms with Crippen LogP contribution in [0.4, 0.5) is 0 Å². The van der Waals surface area contributed by atoms with Crippen molar-refractivity contribution in [3.63, 3.8) is 0 Å². The molecule has 0 bridgehead atoms. The lowest BCUT2D eigenvalue weighted by Gasteiger charge is -2.23. The van der Waals surface area contributed by atoms with Gasteiger partial charge in [-0.25, -0.2) is 4.68 Å². The summed E-state index contributed by atoms with van der Waals surface area (Å²) in [5.74, 6) is 0.0634. The first-order valence-electron chi connectivity index (χ1n) is 10.5. The molecule has 2 aliphatic heterocycles. The predicted octanol–water partition coefficient (Wildman–Crippen LogP) is 3.91. The summed E-state index contributed by atoms with van der Waals surface area (Å²) in [6.07, 6.45) is 7.12. The summed E-state index contributed by atoms with van der Waals surface area (Å²) < 4.78 is 1.80. The summed E-state index contributed by atoms with van der Waals surface area (Å²) in [6.45, 7) is 8.65. The van der Waals surface area contributed by atoms with E-state index in [1.54, 1.807) is 10.8 Å². The number of benzene rings is 1. The van der Waals surface area contributed by atoms with E-state index in [0.717, 1.165) is 36.3 Å². The van der Waals surface area contributed by atoms with E-state index < -0.39 is 0 Å². The van der Waals surface area contributed by atoms with Crippen molar-refractivity contribution >= 4 is 23.6 Å². The molecule has 1 amide bonds. The molecule has 2 fully saturated rings. The van der Waals surface area contributed by atoms with E-state index >= 15 is 0 Å². The lowest BCUT2D eigenvalue weighted by atomic mass is 10.1. The molecule has 2 aliphatic rings. The Kier molecular flexibility index (Phi) is 6.07. The molecule has 0 saturated carbocycles. The topological polar surface area (TPSA) is 41.4 Å². The zero-order valence-corrected chi connectivity index (χ0v) is 18.0. The Morgan fingerprint density at radius 3 is 2.62 bits per heavy atom. The minimum Gasteiger partial charge on any atom is -0.338 e. The third-order valence-electron chi connectivity index (χ3n) is 6.09. The minimum atomic E-state index is 0.0634. The van der Waals surface area contributed by atoms with E-state index in [9.17, 15) is 4.79 Å². The van der Waals surface area contributed by atoms with Crippen LogP contribution in [-0.2, 0) is 11.3 Å². The van der Waals surface area contributed by atoms with E-state index in [0.29, 0.717) is 17.7 Å². The third-order valence-corrected chi connectivity index (χ3v) is 6.49. The maximum atomic E-state index is 12.7. The monoisotopic (exact) mass is 412 g/mol. The molecule has 29 heavy (non-hydrogen) atoms. The highest BCUT2D eigenvalue weighted by atomic mass is 35.5. The predicted molar refractivity (Wildman–Crippen MR) is 117 cm³/mol. The third kappa shape index (κ3) is 4.57. The van der Waals surface area contributed by atoms with E-state index in [1.165, 1.54) is 31.5 Å². The molecule has 1 aromatic carbocycles. The Balaban J connectivity index is 1.41. The molecule has 154 valence electrons. The van der Waals surface area contributed by atoms with Crippen LogP contribution in [0.3, 0.4) is 0 Å². The SMILES string of the molecule is Cc1ccc(Cn2nc(C)c(/C=C/C(=O)N3CCC(N4CCCC4)C3)c2Cl)cc1. The van der Waals surface area contributed by atoms with Gasteiger partial charge in [0.05, 0.1) is 12.2 Å². The van der Waals surface area contributed by atoms with Crippen LogP contribution in [-0.4, -0.2) is 57.7 Å². The summed E-state index contributed by atoms with van der Waals surface area (Å²) in [7, 11) is 0. The van der Waals surface area contributed by atoms with Crippen molar-refractivity contribution in [2.45, 2.75) is 45.7 Å². The van der Waals surface area contributed by atoms with Gasteiger partial charge >= 0.3 is 0 Å². The molecular weight excluding hydrogens is 384 g/mol. The van der Waals surface area contributed by atoms with Crippen LogP contribution in [0.2, 0.25) is 5.15 Å². The average molecular weight is 413 g/mol. The van der Waals surface area contributed by atoms with Crippen molar-refractivity contribution in [1.29, 1.82) is 0 Å². The van der Waals surface area contributed by atoms with Crippen molar-refractivity contribution in [2.24, 2.45) is 0 Å². The second-order valence-corrected chi connectivity index (χ2v) is 8.59. The number of aromatic nitrogens is 2. The molecule has 0 spiro atoms. The van der Waals surface area contributed by atoms with Crippen molar-refractivity contribution in [2.75, 3.05) is 26.2 Å². The highest BCUT2D eigenvalue weighted by Gasteiger charge is 2.30. The smallest absolute Gasteiger partial charge is 0.246 e. The molecule has 6 heteroatoms. The van der Waals surface area contributed by atoms with Crippen LogP contribution in [0, 0.1) is 13.8 Å². The first kappa shape index (κ1) is 20.2. The van der Waals surface area contributed by atoms with Crippen molar-refractivity contribution in [1.82, 2.24) is 19.6 Å². The first-order chi connectivity index (χ1) is 14.0. The number of likely N-dealkylation sites (tertiary alicyclic amines) is 2. The number of carbonyl (C=O) groups is 1. The van der Waals surface area contributed by atoms with Crippen molar-refractivity contribution < 1.29 is 4.79 Å². The Morgan fingerprint density at radius 2 is 1.90 bits per heavy atom. The molecule has 0 aliphatic carbocycles. The molecule has 5 nitrogen and oxygen atoms in total. The number of rotatable bonds is 5. The van der Waals surface area contributed by atoms with Gasteiger partial charge in [-0.05, 0) is 57.8 Å². The normalized spacial score (nSPS) is 20.2. The maximum Gasteiger partial charge on any atom is 0.246 e. The van der Waals surface area contributed by atoms with E-state index in [-0.39, 0.29) is 5.91 Å². The molecular formula is C23H29ClN4O. The fraction of sp³-hybridized carbons (Fsp3) is 0.478. The van der Waals surface area contributed by atoms with Crippen molar-refractivity contribution in [3.05, 3.63) is 57.9 Å². The van der Waals surface area contributed by atoms with Gasteiger partial charge in [0.15, 0.2) is 0 Å². The number of aryl methyl sites for hydroxylation is 2. The number of amides is 1. The highest BCUT2D eigenvalue weighted by Crippen LogP contribution is 2.24. The van der Waals surface area contributed by atoms with Gasteiger partial charge in [-0.15, -0.1) is 0 Å². The van der Waals surface area contributed by atoms with Gasteiger partial charge in [-0.1, -0.05) is 41.4 Å². The van der Waals surface area contributed by atoms with Gasteiger partial charge in [0.25, 0.3) is 0 Å². The second-order valence-electron chi connectivity index (χ2n) is 8.24. The lowest BCUT2D eigenvalue weighted by molar-refractivity contribution is -0.125. The molecule has 2 saturated heterocycles. The fourth-order valence-corrected chi connectivity index (χ4v) is 4.63. The van der Waals surface area contributed by atoms with Gasteiger partial charge < -0.3 is 4.90 Å². The number of nitrogens with zero attached hydrogens (tertiary/aromatic N) is 4. The molecule has 2 aromatic rings. The summed E-state index contributed by atoms with van der Waals surface area (Å²) in [4.78, 5) is 17.2. The van der Waals surface area contributed by atoms with Crippen LogP contribution in [0.25, 0.3) is 6.08 Å². The van der Waals surface area contributed by atoms with E-state index in [1.807, 2.05) is 17.9 Å². The van der Waals surface area contributed by atoms with E-state index in [2.05, 4.69) is 41.2 Å². The molecule has 4 rings (SSSR count). The number of hydrogen-bond donors (Lipinski definition) is 0. The van der Waals surface area contributed by atoms with Crippen LogP contribution < -0.4 is 0 Å². The second kappa shape index (κ2) is 8.72. The van der Waals surface area contributed by atoms with Crippen LogP contribution in [0.5, 0.6) is 0 Å². The molecule has 0 radical (unpaired) electrons. The largest absolute Gasteiger partial charge is 0.338 e. The molecule has 3 heterocycles. The zero-order chi connectivity index (χ0) is 20.4. The van der Waals surface area contributed by atoms with Gasteiger partial charge in [-0.2, -0.15) is 5.10 Å². The quantitative estimate of drug-likeness (QED) is 0.699. The van der Waals surface area contributed by atoms with E-state index in [4.69, 9.17) is 11.6 Å². The highest BCUT2D eigenvalue weighted by molar-refractivity contribution is 6.31. The van der Waals surface area contributed by atoms with Gasteiger partial charge in [0.2, 0.25) is 5.91 Å². The summed E-state index contributed by atoms with van der Waals surface area (Å²) in [5, 5.41) is 5.14. The van der Waals surface area contributed by atoms with Crippen molar-refractivity contribution in [3.8, 4) is 0 Å². The molecule has 0 N–H and O–H groups in total. The zero-order valence-electron chi connectivity index (χ0n) is 17.3. The van der Waals surface area contributed by atoms with Gasteiger partial charge in [0.1, 0.15) is 5.15 Å². The molecule has 1 aromatic heterocycles. The summed E-state index contributed by atoms with van der Waals surface area (Å²) >= 11 is 6.58. The Labute approximate surface area is 177 Å². The van der Waals surface area contributed by atoms with Crippen LogP contribution in [0.15, 0.2) is 30.3 Å². The standard InChI is InChI=1S/C23H29ClN4O/c1-17-5-7-19(8-6-17)15-28-23(24)21(18(2)25-28)9-10-22(29)27-14-11-20(16-27)26-12-3-4-13-26/h5-10,20H,3-4,11-16H2,1-2H3/b10-9+. The van der Waals surface area contributed by atoms with Crippen LogP contribution in [0.1, 0.15) is 41.6 Å². The summed E-state index contributed by atoms with van der Waals surface area (Å²) in [5.41, 5.74) is 4.04. The van der Waals surface area contributed by atoms with Gasteiger partial charge in [0, 0.05) is 30.8 Å². The average Bonchev–Trinajstić information content (AvgIpc) is 3.44. The molecule has 1 unspecified atom stereocenters. The Hall–Kier alpha value is -2.11. The minimum absolute atomic E-state index is 0.0634. The summed E-state index contributed by atoms with van der Waals surface area (Å²) in [6, 6.07) is 8.88. The number of hydrogen-bond acceptors (Lipinski definition) is 3. The number of halogens is 1.